The average Bonchev–Trinajstić information content (AvgIpc) is 2.66. The highest BCUT2D eigenvalue weighted by atomic mass is 16.5. The molecule has 0 saturated heterocycles. The summed E-state index contributed by atoms with van der Waals surface area (Å²) in [6, 6.07) is 0.356. The van der Waals surface area contributed by atoms with Crippen molar-refractivity contribution in [2.45, 2.75) is 46.3 Å². The van der Waals surface area contributed by atoms with Crippen molar-refractivity contribution >= 4 is 0 Å². The average molecular weight is 227 g/mol. The molecule has 1 unspecified atom stereocenters. The SMILES string of the molecule is CCCOCc1noc(CC(C)NCC)n1. The summed E-state index contributed by atoms with van der Waals surface area (Å²) in [5, 5.41) is 7.16. The summed E-state index contributed by atoms with van der Waals surface area (Å²) in [5.74, 6) is 1.30. The molecule has 0 aliphatic heterocycles. The first kappa shape index (κ1) is 13.1. The van der Waals surface area contributed by atoms with Crippen LogP contribution in [0.2, 0.25) is 0 Å². The van der Waals surface area contributed by atoms with Gasteiger partial charge in [0, 0.05) is 19.1 Å². The fraction of sp³-hybridized carbons (Fsp3) is 0.818. The molecular weight excluding hydrogens is 206 g/mol. The first-order valence-corrected chi connectivity index (χ1v) is 5.88. The minimum atomic E-state index is 0.356. The van der Waals surface area contributed by atoms with Crippen molar-refractivity contribution in [3.8, 4) is 0 Å². The van der Waals surface area contributed by atoms with E-state index in [1.807, 2.05) is 0 Å². The van der Waals surface area contributed by atoms with Crippen LogP contribution in [0.3, 0.4) is 0 Å². The van der Waals surface area contributed by atoms with Gasteiger partial charge >= 0.3 is 0 Å². The van der Waals surface area contributed by atoms with Gasteiger partial charge in [-0.05, 0) is 19.9 Å². The highest BCUT2D eigenvalue weighted by molar-refractivity contribution is 4.87. The molecule has 1 atom stereocenters. The Morgan fingerprint density at radius 1 is 1.44 bits per heavy atom. The zero-order chi connectivity index (χ0) is 11.8. The van der Waals surface area contributed by atoms with Crippen molar-refractivity contribution in [1.82, 2.24) is 15.5 Å². The molecule has 1 aromatic rings. The number of ether oxygens (including phenoxy) is 1. The van der Waals surface area contributed by atoms with E-state index in [0.717, 1.165) is 26.0 Å². The van der Waals surface area contributed by atoms with Crippen LogP contribution in [-0.4, -0.2) is 29.3 Å². The Morgan fingerprint density at radius 3 is 2.94 bits per heavy atom. The van der Waals surface area contributed by atoms with Gasteiger partial charge in [-0.3, -0.25) is 0 Å². The maximum Gasteiger partial charge on any atom is 0.228 e. The van der Waals surface area contributed by atoms with E-state index in [9.17, 15) is 0 Å². The van der Waals surface area contributed by atoms with Crippen molar-refractivity contribution < 1.29 is 9.26 Å². The van der Waals surface area contributed by atoms with Crippen molar-refractivity contribution in [3.05, 3.63) is 11.7 Å². The Bertz CT molecular complexity index is 289. The van der Waals surface area contributed by atoms with Gasteiger partial charge in [0.2, 0.25) is 5.89 Å². The van der Waals surface area contributed by atoms with Crippen molar-refractivity contribution in [2.75, 3.05) is 13.2 Å². The molecular formula is C11H21N3O2. The highest BCUT2D eigenvalue weighted by Crippen LogP contribution is 2.02. The van der Waals surface area contributed by atoms with Crippen molar-refractivity contribution in [1.29, 1.82) is 0 Å². The smallest absolute Gasteiger partial charge is 0.228 e. The van der Waals surface area contributed by atoms with Gasteiger partial charge in [-0.25, -0.2) is 0 Å². The van der Waals surface area contributed by atoms with Crippen LogP contribution in [0.5, 0.6) is 0 Å². The number of aromatic nitrogens is 2. The van der Waals surface area contributed by atoms with Gasteiger partial charge in [0.15, 0.2) is 5.82 Å². The summed E-state index contributed by atoms with van der Waals surface area (Å²) in [6.45, 7) is 8.36. The van der Waals surface area contributed by atoms with Crippen molar-refractivity contribution in [3.63, 3.8) is 0 Å². The third-order valence-corrected chi connectivity index (χ3v) is 2.12. The molecule has 0 amide bonds. The van der Waals surface area contributed by atoms with Crippen LogP contribution in [0.25, 0.3) is 0 Å². The molecule has 0 aliphatic carbocycles. The van der Waals surface area contributed by atoms with Gasteiger partial charge in [-0.1, -0.05) is 19.0 Å². The van der Waals surface area contributed by atoms with Gasteiger partial charge in [0.1, 0.15) is 6.61 Å². The molecule has 0 radical (unpaired) electrons. The fourth-order valence-corrected chi connectivity index (χ4v) is 1.42. The van der Waals surface area contributed by atoms with E-state index < -0.39 is 0 Å². The molecule has 0 aromatic carbocycles. The third kappa shape index (κ3) is 4.72. The molecule has 5 nitrogen and oxygen atoms in total. The first-order valence-electron chi connectivity index (χ1n) is 5.88. The largest absolute Gasteiger partial charge is 0.373 e. The molecule has 1 rings (SSSR count). The van der Waals surface area contributed by atoms with E-state index in [1.54, 1.807) is 0 Å². The zero-order valence-electron chi connectivity index (χ0n) is 10.3. The summed E-state index contributed by atoms with van der Waals surface area (Å²) in [4.78, 5) is 4.26. The van der Waals surface area contributed by atoms with E-state index in [-0.39, 0.29) is 0 Å². The number of hydrogen-bond donors (Lipinski definition) is 1. The predicted molar refractivity (Wildman–Crippen MR) is 61.1 cm³/mol. The molecule has 0 saturated carbocycles. The second-order valence-electron chi connectivity index (χ2n) is 3.82. The van der Waals surface area contributed by atoms with Gasteiger partial charge in [0.05, 0.1) is 0 Å². The first-order chi connectivity index (χ1) is 7.76. The van der Waals surface area contributed by atoms with Crippen molar-refractivity contribution in [2.24, 2.45) is 0 Å². The lowest BCUT2D eigenvalue weighted by Gasteiger charge is -2.07. The minimum absolute atomic E-state index is 0.356. The number of likely N-dealkylation sites (N-methyl/N-ethyl adjacent to an activating group) is 1. The standard InChI is InChI=1S/C11H21N3O2/c1-4-6-15-8-10-13-11(16-14-10)7-9(3)12-5-2/h9,12H,4-8H2,1-3H3. The summed E-state index contributed by atoms with van der Waals surface area (Å²) < 4.78 is 10.5. The summed E-state index contributed by atoms with van der Waals surface area (Å²) in [5.41, 5.74) is 0. The van der Waals surface area contributed by atoms with Gasteiger partial charge in [-0.2, -0.15) is 4.98 Å². The summed E-state index contributed by atoms with van der Waals surface area (Å²) >= 11 is 0. The lowest BCUT2D eigenvalue weighted by Crippen LogP contribution is -2.27. The molecule has 1 aromatic heterocycles. The van der Waals surface area contributed by atoms with E-state index in [2.05, 4.69) is 36.2 Å². The molecule has 0 spiro atoms. The van der Waals surface area contributed by atoms with Crippen LogP contribution >= 0.6 is 0 Å². The third-order valence-electron chi connectivity index (χ3n) is 2.12. The molecule has 0 fully saturated rings. The molecule has 1 N–H and O–H groups in total. The highest BCUT2D eigenvalue weighted by Gasteiger charge is 2.09. The maximum atomic E-state index is 5.33. The molecule has 16 heavy (non-hydrogen) atoms. The zero-order valence-corrected chi connectivity index (χ0v) is 10.3. The van der Waals surface area contributed by atoms with E-state index >= 15 is 0 Å². The Labute approximate surface area is 96.6 Å². The van der Waals surface area contributed by atoms with E-state index in [1.165, 1.54) is 0 Å². The lowest BCUT2D eigenvalue weighted by atomic mass is 10.2. The van der Waals surface area contributed by atoms with Crippen LogP contribution < -0.4 is 5.32 Å². The molecule has 1 heterocycles. The van der Waals surface area contributed by atoms with Crippen LogP contribution in [-0.2, 0) is 17.8 Å². The summed E-state index contributed by atoms with van der Waals surface area (Å²) in [7, 11) is 0. The monoisotopic (exact) mass is 227 g/mol. The Kier molecular flexibility index (Phi) is 6.03. The number of nitrogens with one attached hydrogen (secondary N) is 1. The summed E-state index contributed by atoms with van der Waals surface area (Å²) in [6.07, 6.45) is 1.76. The van der Waals surface area contributed by atoms with Gasteiger partial charge in [-0.15, -0.1) is 0 Å². The normalized spacial score (nSPS) is 12.9. The van der Waals surface area contributed by atoms with E-state index in [4.69, 9.17) is 9.26 Å². The van der Waals surface area contributed by atoms with Crippen LogP contribution in [0.4, 0.5) is 0 Å². The topological polar surface area (TPSA) is 60.2 Å². The Balaban J connectivity index is 2.33. The van der Waals surface area contributed by atoms with Gasteiger partial charge < -0.3 is 14.6 Å². The Hall–Kier alpha value is -0.940. The Morgan fingerprint density at radius 2 is 2.25 bits per heavy atom. The van der Waals surface area contributed by atoms with Gasteiger partial charge in [0.25, 0.3) is 0 Å². The predicted octanol–water partition coefficient (Wildman–Crippen LogP) is 1.54. The number of nitrogens with zero attached hydrogens (tertiary/aromatic N) is 2. The van der Waals surface area contributed by atoms with Crippen LogP contribution in [0.1, 0.15) is 38.9 Å². The number of hydrogen-bond acceptors (Lipinski definition) is 5. The fourth-order valence-electron chi connectivity index (χ4n) is 1.42. The molecule has 0 bridgehead atoms. The van der Waals surface area contributed by atoms with E-state index in [0.29, 0.717) is 24.4 Å². The second-order valence-corrected chi connectivity index (χ2v) is 3.82. The molecule has 92 valence electrons. The molecule has 5 heteroatoms. The number of rotatable bonds is 8. The minimum Gasteiger partial charge on any atom is -0.373 e. The maximum absolute atomic E-state index is 5.33. The van der Waals surface area contributed by atoms with Crippen LogP contribution in [0, 0.1) is 0 Å². The molecule has 0 aliphatic rings. The second kappa shape index (κ2) is 7.35. The lowest BCUT2D eigenvalue weighted by molar-refractivity contribution is 0.114. The van der Waals surface area contributed by atoms with Crippen LogP contribution in [0.15, 0.2) is 4.52 Å². The quantitative estimate of drug-likeness (QED) is 0.682.